The summed E-state index contributed by atoms with van der Waals surface area (Å²) in [6.07, 6.45) is 0. The van der Waals surface area contributed by atoms with Crippen LogP contribution in [0.25, 0.3) is 11.0 Å². The van der Waals surface area contributed by atoms with Gasteiger partial charge in [0.2, 0.25) is 0 Å². The lowest BCUT2D eigenvalue weighted by molar-refractivity contribution is -0.385. The highest BCUT2D eigenvalue weighted by Gasteiger charge is 2.25. The van der Waals surface area contributed by atoms with Crippen LogP contribution in [0.3, 0.4) is 0 Å². The third kappa shape index (κ3) is 2.51. The first-order chi connectivity index (χ1) is 10.6. The second-order valence-electron chi connectivity index (χ2n) is 4.50. The highest BCUT2D eigenvalue weighted by molar-refractivity contribution is 6.31. The molecule has 0 amide bonds. The number of nitrogens with zero attached hydrogens (tertiary/aromatic N) is 1. The summed E-state index contributed by atoms with van der Waals surface area (Å²) in [5.41, 5.74) is -0.614. The van der Waals surface area contributed by atoms with Crippen molar-refractivity contribution < 1.29 is 9.34 Å². The molecule has 3 rings (SSSR count). The smallest absolute Gasteiger partial charge is 0.376 e. The summed E-state index contributed by atoms with van der Waals surface area (Å²) >= 11 is 5.87. The number of halogens is 1. The Kier molecular flexibility index (Phi) is 3.52. The zero-order valence-corrected chi connectivity index (χ0v) is 11.8. The quantitative estimate of drug-likeness (QED) is 0.581. The lowest BCUT2D eigenvalue weighted by Crippen LogP contribution is -2.11. The summed E-state index contributed by atoms with van der Waals surface area (Å²) in [6, 6.07) is 13.0. The molecule has 0 unspecified atom stereocenters. The maximum Gasteiger partial charge on any atom is 0.376 e. The number of hydrogen-bond acceptors (Lipinski definition) is 5. The molecule has 0 saturated carbocycles. The Bertz CT molecular complexity index is 922. The number of nitrogens with one attached hydrogen (secondary N) is 1. The van der Waals surface area contributed by atoms with Gasteiger partial charge in [-0.3, -0.25) is 14.9 Å². The molecule has 110 valence electrons. The monoisotopic (exact) mass is 316 g/mol. The summed E-state index contributed by atoms with van der Waals surface area (Å²) in [5.74, 6) is -0.226. The average Bonchev–Trinajstić information content (AvgIpc) is 2.47. The van der Waals surface area contributed by atoms with Crippen LogP contribution < -0.4 is 10.7 Å². The number of fused-ring (bicyclic) bond motifs is 1. The van der Waals surface area contributed by atoms with E-state index in [0.717, 1.165) is 0 Å². The molecule has 1 heterocycles. The van der Waals surface area contributed by atoms with Gasteiger partial charge in [0, 0.05) is 16.8 Å². The summed E-state index contributed by atoms with van der Waals surface area (Å²) in [5, 5.41) is 14.5. The Balaban J connectivity index is 2.25. The van der Waals surface area contributed by atoms with E-state index in [9.17, 15) is 14.9 Å². The van der Waals surface area contributed by atoms with Crippen molar-refractivity contribution in [1.29, 1.82) is 0 Å². The molecule has 0 aliphatic carbocycles. The molecule has 1 N–H and O–H groups in total. The molecule has 7 heteroatoms. The number of benzene rings is 2. The Hall–Kier alpha value is -2.86. The van der Waals surface area contributed by atoms with Crippen LogP contribution in [0.2, 0.25) is 5.02 Å². The minimum Gasteiger partial charge on any atom is -0.434 e. The number of para-hydroxylation sites is 1. The van der Waals surface area contributed by atoms with Crippen LogP contribution >= 0.6 is 11.6 Å². The van der Waals surface area contributed by atoms with Gasteiger partial charge in [-0.2, -0.15) is 0 Å². The fraction of sp³-hybridized carbons (Fsp3) is 0. The van der Waals surface area contributed by atoms with Crippen LogP contribution in [-0.2, 0) is 0 Å². The van der Waals surface area contributed by atoms with Crippen molar-refractivity contribution in [2.75, 3.05) is 5.32 Å². The molecule has 0 radical (unpaired) electrons. The first-order valence-corrected chi connectivity index (χ1v) is 6.67. The lowest BCUT2D eigenvalue weighted by atomic mass is 10.2. The van der Waals surface area contributed by atoms with Gasteiger partial charge in [0.15, 0.2) is 0 Å². The number of hydrogen-bond donors (Lipinski definition) is 1. The number of rotatable bonds is 3. The second kappa shape index (κ2) is 5.50. The second-order valence-corrected chi connectivity index (χ2v) is 4.93. The standard InChI is InChI=1S/C15H9ClN2O4/c16-9-6-7-11-12(8-9)22-15(13(14(11)19)18(20)21)17-10-4-2-1-3-5-10/h1-8,17H. The molecule has 0 aliphatic heterocycles. The van der Waals surface area contributed by atoms with Gasteiger partial charge in [-0.1, -0.05) is 29.8 Å². The first kappa shape index (κ1) is 14.1. The van der Waals surface area contributed by atoms with Gasteiger partial charge in [0.25, 0.3) is 11.3 Å². The topological polar surface area (TPSA) is 85.4 Å². The molecule has 0 saturated heterocycles. The Morgan fingerprint density at radius 3 is 2.55 bits per heavy atom. The van der Waals surface area contributed by atoms with Crippen molar-refractivity contribution in [3.63, 3.8) is 0 Å². The molecule has 2 aromatic carbocycles. The first-order valence-electron chi connectivity index (χ1n) is 6.29. The van der Waals surface area contributed by atoms with Crippen LogP contribution in [0.15, 0.2) is 57.7 Å². The maximum absolute atomic E-state index is 12.3. The van der Waals surface area contributed by atoms with Crippen molar-refractivity contribution in [1.82, 2.24) is 0 Å². The summed E-state index contributed by atoms with van der Waals surface area (Å²) < 4.78 is 5.48. The summed E-state index contributed by atoms with van der Waals surface area (Å²) in [6.45, 7) is 0. The van der Waals surface area contributed by atoms with Crippen LogP contribution in [0.1, 0.15) is 0 Å². The Morgan fingerprint density at radius 2 is 1.86 bits per heavy atom. The zero-order chi connectivity index (χ0) is 15.7. The third-order valence-corrected chi connectivity index (χ3v) is 3.28. The van der Waals surface area contributed by atoms with Gasteiger partial charge in [0.05, 0.1) is 10.3 Å². The van der Waals surface area contributed by atoms with E-state index in [-0.39, 0.29) is 16.9 Å². The lowest BCUT2D eigenvalue weighted by Gasteiger charge is -2.07. The molecule has 0 spiro atoms. The zero-order valence-electron chi connectivity index (χ0n) is 11.1. The van der Waals surface area contributed by atoms with Crippen LogP contribution in [0, 0.1) is 10.1 Å². The highest BCUT2D eigenvalue weighted by Crippen LogP contribution is 2.29. The molecule has 0 bridgehead atoms. The van der Waals surface area contributed by atoms with Crippen molar-refractivity contribution in [2.24, 2.45) is 0 Å². The van der Waals surface area contributed by atoms with E-state index < -0.39 is 16.0 Å². The van der Waals surface area contributed by atoms with Crippen molar-refractivity contribution in [2.45, 2.75) is 0 Å². The predicted molar refractivity (Wildman–Crippen MR) is 83.9 cm³/mol. The largest absolute Gasteiger partial charge is 0.434 e. The molecular weight excluding hydrogens is 308 g/mol. The van der Waals surface area contributed by atoms with E-state index in [4.69, 9.17) is 16.0 Å². The van der Waals surface area contributed by atoms with Gasteiger partial charge in [-0.15, -0.1) is 0 Å². The van der Waals surface area contributed by atoms with Gasteiger partial charge < -0.3 is 9.73 Å². The molecular formula is C15H9ClN2O4. The Morgan fingerprint density at radius 1 is 1.14 bits per heavy atom. The van der Waals surface area contributed by atoms with E-state index >= 15 is 0 Å². The molecule has 0 aliphatic rings. The van der Waals surface area contributed by atoms with Crippen LogP contribution in [-0.4, -0.2) is 4.92 Å². The SMILES string of the molecule is O=c1c([N+](=O)[O-])c(Nc2ccccc2)oc2cc(Cl)ccc12. The van der Waals surface area contributed by atoms with E-state index in [1.807, 2.05) is 0 Å². The Labute approximate surface area is 129 Å². The van der Waals surface area contributed by atoms with Crippen molar-refractivity contribution >= 4 is 39.8 Å². The average molecular weight is 317 g/mol. The molecule has 6 nitrogen and oxygen atoms in total. The molecule has 0 fully saturated rings. The molecule has 3 aromatic rings. The summed E-state index contributed by atoms with van der Waals surface area (Å²) in [4.78, 5) is 22.8. The number of nitro groups is 1. The van der Waals surface area contributed by atoms with E-state index in [2.05, 4.69) is 5.32 Å². The predicted octanol–water partition coefficient (Wildman–Crippen LogP) is 4.10. The molecule has 0 atom stereocenters. The van der Waals surface area contributed by atoms with E-state index in [0.29, 0.717) is 10.7 Å². The maximum atomic E-state index is 12.3. The van der Waals surface area contributed by atoms with Gasteiger partial charge in [0.1, 0.15) is 5.58 Å². The van der Waals surface area contributed by atoms with Crippen molar-refractivity contribution in [3.05, 3.63) is 73.9 Å². The molecule has 22 heavy (non-hydrogen) atoms. The number of anilines is 2. The fourth-order valence-electron chi connectivity index (χ4n) is 2.06. The normalized spacial score (nSPS) is 10.6. The third-order valence-electron chi connectivity index (χ3n) is 3.04. The minimum absolute atomic E-state index is 0.106. The van der Waals surface area contributed by atoms with E-state index in [1.165, 1.54) is 18.2 Å². The fourth-order valence-corrected chi connectivity index (χ4v) is 2.22. The van der Waals surface area contributed by atoms with Crippen LogP contribution in [0.5, 0.6) is 0 Å². The minimum atomic E-state index is -0.759. The van der Waals surface area contributed by atoms with Gasteiger partial charge >= 0.3 is 5.69 Å². The van der Waals surface area contributed by atoms with Gasteiger partial charge in [-0.05, 0) is 24.3 Å². The van der Waals surface area contributed by atoms with Crippen LogP contribution in [0.4, 0.5) is 17.3 Å². The van der Waals surface area contributed by atoms with Crippen molar-refractivity contribution in [3.8, 4) is 0 Å². The van der Waals surface area contributed by atoms with E-state index in [1.54, 1.807) is 30.3 Å². The summed E-state index contributed by atoms with van der Waals surface area (Å²) in [7, 11) is 0. The van der Waals surface area contributed by atoms with Gasteiger partial charge in [-0.25, -0.2) is 0 Å². The molecule has 1 aromatic heterocycles. The highest BCUT2D eigenvalue weighted by atomic mass is 35.5.